The predicted molar refractivity (Wildman–Crippen MR) is 96.4 cm³/mol. The first-order valence-electron chi connectivity index (χ1n) is 8.36. The van der Waals surface area contributed by atoms with E-state index >= 15 is 0 Å². The summed E-state index contributed by atoms with van der Waals surface area (Å²) in [7, 11) is 1.58. The average molecular weight is 350 g/mol. The molecule has 1 amide bonds. The molecule has 0 radical (unpaired) electrons. The van der Waals surface area contributed by atoms with Gasteiger partial charge in [-0.3, -0.25) is 4.79 Å². The van der Waals surface area contributed by atoms with Crippen molar-refractivity contribution in [3.05, 3.63) is 60.6 Å². The Hall–Kier alpha value is -3.28. The van der Waals surface area contributed by atoms with Gasteiger partial charge in [0.05, 0.1) is 31.4 Å². The second-order valence-corrected chi connectivity index (χ2v) is 6.00. The maximum atomic E-state index is 12.8. The van der Waals surface area contributed by atoms with Crippen molar-refractivity contribution in [1.29, 1.82) is 0 Å². The molecule has 132 valence electrons. The normalized spacial score (nSPS) is 15.7. The summed E-state index contributed by atoms with van der Waals surface area (Å²) < 4.78 is 16.4. The van der Waals surface area contributed by atoms with Gasteiger partial charge < -0.3 is 19.2 Å². The van der Waals surface area contributed by atoms with E-state index in [0.29, 0.717) is 30.2 Å². The van der Waals surface area contributed by atoms with Crippen LogP contribution in [0.15, 0.2) is 59.5 Å². The van der Waals surface area contributed by atoms with Gasteiger partial charge in [-0.1, -0.05) is 18.2 Å². The highest BCUT2D eigenvalue weighted by Crippen LogP contribution is 2.35. The minimum atomic E-state index is -0.236. The molecule has 1 aliphatic rings. The molecule has 0 fully saturated rings. The maximum absolute atomic E-state index is 12.8. The maximum Gasteiger partial charge on any atom is 0.232 e. The predicted octanol–water partition coefficient (Wildman–Crippen LogP) is 3.86. The molecule has 6 heteroatoms. The second kappa shape index (κ2) is 6.92. The molecule has 0 aliphatic carbocycles. The largest absolute Gasteiger partial charge is 0.496 e. The number of ether oxygens (including phenoxy) is 2. The number of hydrogen-bond donors (Lipinski definition) is 1. The molecule has 2 heterocycles. The minimum absolute atomic E-state index is 0.0600. The van der Waals surface area contributed by atoms with Crippen molar-refractivity contribution in [3.63, 3.8) is 0 Å². The number of rotatable bonds is 4. The number of aromatic nitrogens is 1. The number of anilines is 1. The van der Waals surface area contributed by atoms with E-state index in [1.165, 1.54) is 6.39 Å². The molecule has 1 aliphatic heterocycles. The monoisotopic (exact) mass is 350 g/mol. The fourth-order valence-electron chi connectivity index (χ4n) is 3.17. The molecule has 1 aromatic heterocycles. The van der Waals surface area contributed by atoms with Crippen LogP contribution in [0.4, 0.5) is 5.69 Å². The molecule has 1 N–H and O–H groups in total. The number of carbonyl (C=O) groups is 1. The van der Waals surface area contributed by atoms with E-state index in [9.17, 15) is 4.79 Å². The van der Waals surface area contributed by atoms with Gasteiger partial charge in [-0.15, -0.1) is 0 Å². The minimum Gasteiger partial charge on any atom is -0.496 e. The third-order valence-corrected chi connectivity index (χ3v) is 4.44. The van der Waals surface area contributed by atoms with Crippen molar-refractivity contribution in [3.8, 4) is 22.8 Å². The van der Waals surface area contributed by atoms with Crippen LogP contribution < -0.4 is 14.8 Å². The third-order valence-electron chi connectivity index (χ3n) is 4.44. The summed E-state index contributed by atoms with van der Waals surface area (Å²) in [6, 6.07) is 13.1. The summed E-state index contributed by atoms with van der Waals surface area (Å²) in [6.07, 6.45) is 3.64. The number of benzene rings is 2. The van der Waals surface area contributed by atoms with Crippen molar-refractivity contribution < 1.29 is 18.7 Å². The Kier molecular flexibility index (Phi) is 4.31. The number of methoxy groups -OCH3 is 1. The van der Waals surface area contributed by atoms with Gasteiger partial charge in [0.2, 0.25) is 5.91 Å². The Morgan fingerprint density at radius 3 is 2.96 bits per heavy atom. The quantitative estimate of drug-likeness (QED) is 0.773. The van der Waals surface area contributed by atoms with E-state index in [1.807, 2.05) is 36.4 Å². The van der Waals surface area contributed by atoms with E-state index in [2.05, 4.69) is 10.3 Å². The SMILES string of the molecule is COc1cc(NC(=O)C2CCOc3ccccc32)ccc1-c1cnco1. The highest BCUT2D eigenvalue weighted by molar-refractivity contribution is 5.97. The average Bonchev–Trinajstić information content (AvgIpc) is 3.22. The van der Waals surface area contributed by atoms with Crippen LogP contribution in [0.2, 0.25) is 0 Å². The molecule has 6 nitrogen and oxygen atoms in total. The number of para-hydroxylation sites is 1. The first kappa shape index (κ1) is 16.2. The number of nitrogens with zero attached hydrogens (tertiary/aromatic N) is 1. The Morgan fingerprint density at radius 2 is 2.15 bits per heavy atom. The molecular formula is C20H18N2O4. The van der Waals surface area contributed by atoms with Gasteiger partial charge in [0.15, 0.2) is 12.2 Å². The summed E-state index contributed by atoms with van der Waals surface area (Å²) in [4.78, 5) is 16.7. The lowest BCUT2D eigenvalue weighted by Crippen LogP contribution is -2.26. The number of hydrogen-bond acceptors (Lipinski definition) is 5. The van der Waals surface area contributed by atoms with Gasteiger partial charge in [0.25, 0.3) is 0 Å². The van der Waals surface area contributed by atoms with Gasteiger partial charge in [0.1, 0.15) is 11.5 Å². The van der Waals surface area contributed by atoms with Crippen LogP contribution in [0.25, 0.3) is 11.3 Å². The third kappa shape index (κ3) is 3.01. The standard InChI is InChI=1S/C20H18N2O4/c1-24-18-10-13(6-7-16(18)19-11-21-12-26-19)22-20(23)15-8-9-25-17-5-3-2-4-14(15)17/h2-7,10-12,15H,8-9H2,1H3,(H,22,23). The van der Waals surface area contributed by atoms with Crippen LogP contribution in [0.3, 0.4) is 0 Å². The summed E-state index contributed by atoms with van der Waals surface area (Å²) in [5.74, 6) is 1.69. The van der Waals surface area contributed by atoms with Crippen molar-refractivity contribution in [2.24, 2.45) is 0 Å². The van der Waals surface area contributed by atoms with E-state index in [4.69, 9.17) is 13.9 Å². The molecule has 1 unspecified atom stereocenters. The van der Waals surface area contributed by atoms with Crippen molar-refractivity contribution in [1.82, 2.24) is 4.98 Å². The summed E-state index contributed by atoms with van der Waals surface area (Å²) in [5, 5.41) is 2.98. The van der Waals surface area contributed by atoms with Crippen molar-refractivity contribution in [2.75, 3.05) is 19.0 Å². The number of carbonyl (C=O) groups excluding carboxylic acids is 1. The first-order chi connectivity index (χ1) is 12.8. The summed E-state index contributed by atoms with van der Waals surface area (Å²) in [5.41, 5.74) is 2.36. The molecule has 26 heavy (non-hydrogen) atoms. The summed E-state index contributed by atoms with van der Waals surface area (Å²) in [6.45, 7) is 0.531. The fraction of sp³-hybridized carbons (Fsp3) is 0.200. The van der Waals surface area contributed by atoms with Crippen LogP contribution in [-0.4, -0.2) is 24.6 Å². The smallest absolute Gasteiger partial charge is 0.232 e. The van der Waals surface area contributed by atoms with Gasteiger partial charge in [-0.05, 0) is 24.6 Å². The fourth-order valence-corrected chi connectivity index (χ4v) is 3.17. The zero-order chi connectivity index (χ0) is 17.9. The highest BCUT2D eigenvalue weighted by Gasteiger charge is 2.27. The van der Waals surface area contributed by atoms with Gasteiger partial charge >= 0.3 is 0 Å². The Bertz CT molecular complexity index is 921. The number of nitrogens with one attached hydrogen (secondary N) is 1. The number of fused-ring (bicyclic) bond motifs is 1. The van der Waals surface area contributed by atoms with E-state index in [-0.39, 0.29) is 11.8 Å². The lowest BCUT2D eigenvalue weighted by Gasteiger charge is -2.25. The van der Waals surface area contributed by atoms with Crippen molar-refractivity contribution >= 4 is 11.6 Å². The molecule has 0 spiro atoms. The van der Waals surface area contributed by atoms with E-state index in [1.54, 1.807) is 19.4 Å². The summed E-state index contributed by atoms with van der Waals surface area (Å²) >= 11 is 0. The molecule has 4 rings (SSSR count). The lowest BCUT2D eigenvalue weighted by molar-refractivity contribution is -0.118. The topological polar surface area (TPSA) is 73.6 Å². The molecule has 2 aromatic carbocycles. The number of amides is 1. The highest BCUT2D eigenvalue weighted by atomic mass is 16.5. The Balaban J connectivity index is 1.57. The van der Waals surface area contributed by atoms with E-state index < -0.39 is 0 Å². The zero-order valence-corrected chi connectivity index (χ0v) is 14.3. The van der Waals surface area contributed by atoms with Crippen LogP contribution in [0.5, 0.6) is 11.5 Å². The Morgan fingerprint density at radius 1 is 1.27 bits per heavy atom. The van der Waals surface area contributed by atoms with E-state index in [0.717, 1.165) is 16.9 Å². The van der Waals surface area contributed by atoms with Crippen LogP contribution in [0, 0.1) is 0 Å². The zero-order valence-electron chi connectivity index (χ0n) is 14.3. The molecule has 0 saturated carbocycles. The first-order valence-corrected chi connectivity index (χ1v) is 8.36. The van der Waals surface area contributed by atoms with Gasteiger partial charge in [0, 0.05) is 17.3 Å². The van der Waals surface area contributed by atoms with Gasteiger partial charge in [-0.2, -0.15) is 0 Å². The Labute approximate surface area is 150 Å². The van der Waals surface area contributed by atoms with Crippen molar-refractivity contribution in [2.45, 2.75) is 12.3 Å². The molecule has 3 aromatic rings. The van der Waals surface area contributed by atoms with Gasteiger partial charge in [-0.25, -0.2) is 4.98 Å². The molecule has 0 bridgehead atoms. The number of oxazole rings is 1. The van der Waals surface area contributed by atoms with Crippen LogP contribution >= 0.6 is 0 Å². The second-order valence-electron chi connectivity index (χ2n) is 6.00. The molecular weight excluding hydrogens is 332 g/mol. The van der Waals surface area contributed by atoms with Crippen LogP contribution in [-0.2, 0) is 4.79 Å². The lowest BCUT2D eigenvalue weighted by atomic mass is 9.92. The molecule has 0 saturated heterocycles. The van der Waals surface area contributed by atoms with Crippen LogP contribution in [0.1, 0.15) is 17.9 Å². The molecule has 1 atom stereocenters.